The largest absolute Gasteiger partial charge is 0.390 e. The molecule has 4 rings (SSSR count). The predicted molar refractivity (Wildman–Crippen MR) is 179 cm³/mol. The molecule has 4 aliphatic rings. The van der Waals surface area contributed by atoms with Gasteiger partial charge in [0.15, 0.2) is 0 Å². The van der Waals surface area contributed by atoms with Gasteiger partial charge >= 0.3 is 8.56 Å². The topological polar surface area (TPSA) is 80.4 Å². The lowest BCUT2D eigenvalue weighted by molar-refractivity contribution is -0.235. The number of rotatable bonds is 26. The van der Waals surface area contributed by atoms with Crippen LogP contribution in [0, 0.1) is 23.7 Å². The highest BCUT2D eigenvalue weighted by molar-refractivity contribution is 6.67. The van der Waals surface area contributed by atoms with Crippen LogP contribution in [-0.2, 0) is 37.3 Å². The molecule has 0 N–H and O–H groups in total. The fourth-order valence-corrected chi connectivity index (χ4v) is 12.1. The van der Waals surface area contributed by atoms with E-state index in [0.717, 1.165) is 102 Å². The average Bonchev–Trinajstić information content (AvgIpc) is 3.93. The Morgan fingerprint density at radius 3 is 1.40 bits per heavy atom. The Morgan fingerprint density at radius 2 is 1.09 bits per heavy atom. The highest BCUT2D eigenvalue weighted by Crippen LogP contribution is 2.47. The van der Waals surface area contributed by atoms with Crippen molar-refractivity contribution in [1.82, 2.24) is 0 Å². The minimum absolute atomic E-state index is 0.000185. The zero-order valence-electron chi connectivity index (χ0n) is 30.0. The van der Waals surface area contributed by atoms with E-state index in [4.69, 9.17) is 37.3 Å². The van der Waals surface area contributed by atoms with Gasteiger partial charge in [-0.1, -0.05) is 67.2 Å². The van der Waals surface area contributed by atoms with Crippen LogP contribution in [0.25, 0.3) is 0 Å². The summed E-state index contributed by atoms with van der Waals surface area (Å²) in [4.78, 5) is 0. The van der Waals surface area contributed by atoms with Crippen molar-refractivity contribution in [2.45, 2.75) is 180 Å². The van der Waals surface area contributed by atoms with E-state index in [2.05, 4.69) is 41.5 Å². The monoisotopic (exact) mass is 656 g/mol. The van der Waals surface area contributed by atoms with Gasteiger partial charge in [-0.2, -0.15) is 0 Å². The van der Waals surface area contributed by atoms with E-state index in [1.165, 1.54) is 0 Å². The van der Waals surface area contributed by atoms with E-state index in [1.54, 1.807) is 14.2 Å². The van der Waals surface area contributed by atoms with E-state index in [-0.39, 0.29) is 18.3 Å². The van der Waals surface area contributed by atoms with Crippen LogP contribution in [0.2, 0.25) is 12.1 Å². The zero-order valence-corrected chi connectivity index (χ0v) is 31.0. The van der Waals surface area contributed by atoms with Crippen LogP contribution in [0.3, 0.4) is 0 Å². The predicted octanol–water partition coefficient (Wildman–Crippen LogP) is 8.00. The average molecular weight is 657 g/mol. The summed E-state index contributed by atoms with van der Waals surface area (Å²) in [6.45, 7) is 14.7. The van der Waals surface area contributed by atoms with Crippen LogP contribution in [0.4, 0.5) is 0 Å². The summed E-state index contributed by atoms with van der Waals surface area (Å²) < 4.78 is 51.3. The fraction of sp³-hybridized carbons (Fsp3) is 1.00. The summed E-state index contributed by atoms with van der Waals surface area (Å²) in [5, 5.41) is 0. The van der Waals surface area contributed by atoms with Crippen LogP contribution in [0.1, 0.15) is 119 Å². The SMILES string of the molecule is CCCC1OC1C(CC)C(O[Si](CCC(CC)C1CCO1)(CCC(CC)C1CCO1)OC(OC)OC)C(CC)C1OC1CCC. The van der Waals surface area contributed by atoms with Gasteiger partial charge < -0.3 is 37.3 Å². The molecule has 10 unspecified atom stereocenters. The third-order valence-corrected chi connectivity index (χ3v) is 14.9. The molecular formula is C36H68O8Si. The Labute approximate surface area is 276 Å². The Kier molecular flexibility index (Phi) is 15.6. The van der Waals surface area contributed by atoms with Gasteiger partial charge in [0.25, 0.3) is 6.48 Å². The Hall–Kier alpha value is -0.103. The molecule has 0 amide bonds. The van der Waals surface area contributed by atoms with Gasteiger partial charge in [-0.15, -0.1) is 0 Å². The van der Waals surface area contributed by atoms with Gasteiger partial charge in [-0.25, -0.2) is 0 Å². The second-order valence-corrected chi connectivity index (χ2v) is 17.5. The Morgan fingerprint density at radius 1 is 0.644 bits per heavy atom. The second kappa shape index (κ2) is 18.6. The third-order valence-electron chi connectivity index (χ3n) is 11.4. The van der Waals surface area contributed by atoms with Crippen LogP contribution in [0.15, 0.2) is 0 Å². The lowest BCUT2D eigenvalue weighted by Crippen LogP contribution is -2.54. The molecule has 264 valence electrons. The number of epoxide rings is 2. The molecule has 0 aromatic rings. The molecule has 9 heteroatoms. The quantitative estimate of drug-likeness (QED) is 0.0526. The summed E-state index contributed by atoms with van der Waals surface area (Å²) in [5.74, 6) is 1.60. The van der Waals surface area contributed by atoms with Crippen LogP contribution < -0.4 is 0 Å². The summed E-state index contributed by atoms with van der Waals surface area (Å²) >= 11 is 0. The van der Waals surface area contributed by atoms with Crippen molar-refractivity contribution < 1.29 is 37.3 Å². The molecule has 4 heterocycles. The van der Waals surface area contributed by atoms with Crippen molar-refractivity contribution in [3.63, 3.8) is 0 Å². The maximum atomic E-state index is 7.80. The highest BCUT2D eigenvalue weighted by Gasteiger charge is 2.56. The van der Waals surface area contributed by atoms with E-state index >= 15 is 0 Å². The van der Waals surface area contributed by atoms with E-state index in [1.807, 2.05) is 0 Å². The lowest BCUT2D eigenvalue weighted by atomic mass is 9.81. The van der Waals surface area contributed by atoms with Crippen molar-refractivity contribution in [3.05, 3.63) is 0 Å². The summed E-state index contributed by atoms with van der Waals surface area (Å²) in [6, 6.07) is 1.79. The van der Waals surface area contributed by atoms with Gasteiger partial charge in [0.2, 0.25) is 0 Å². The third kappa shape index (κ3) is 9.97. The first-order valence-corrected chi connectivity index (χ1v) is 21.1. The summed E-state index contributed by atoms with van der Waals surface area (Å²) in [5.41, 5.74) is 0. The molecule has 4 aliphatic heterocycles. The number of hydrogen-bond donors (Lipinski definition) is 0. The van der Waals surface area contributed by atoms with Crippen molar-refractivity contribution >= 4 is 8.56 Å². The minimum Gasteiger partial charge on any atom is -0.390 e. The number of methoxy groups -OCH3 is 2. The zero-order chi connectivity index (χ0) is 32.4. The van der Waals surface area contributed by atoms with Crippen LogP contribution >= 0.6 is 0 Å². The maximum absolute atomic E-state index is 7.80. The van der Waals surface area contributed by atoms with Gasteiger partial charge in [0.05, 0.1) is 42.7 Å². The molecular weight excluding hydrogens is 588 g/mol. The first-order valence-electron chi connectivity index (χ1n) is 18.9. The van der Waals surface area contributed by atoms with Gasteiger partial charge in [-0.3, -0.25) is 0 Å². The maximum Gasteiger partial charge on any atom is 0.342 e. The summed E-state index contributed by atoms with van der Waals surface area (Å²) in [6.07, 6.45) is 14.9. The van der Waals surface area contributed by atoms with E-state index < -0.39 is 15.0 Å². The molecule has 0 aliphatic carbocycles. The molecule has 4 fully saturated rings. The first kappa shape index (κ1) is 37.7. The molecule has 10 atom stereocenters. The van der Waals surface area contributed by atoms with Gasteiger partial charge in [-0.05, 0) is 75.3 Å². The molecule has 0 aromatic carbocycles. The number of hydrogen-bond acceptors (Lipinski definition) is 8. The molecule has 0 radical (unpaired) electrons. The van der Waals surface area contributed by atoms with Crippen molar-refractivity contribution in [2.24, 2.45) is 23.7 Å². The Bertz CT molecular complexity index is 767. The Balaban J connectivity index is 1.68. The summed E-state index contributed by atoms with van der Waals surface area (Å²) in [7, 11) is 0.402. The van der Waals surface area contributed by atoms with E-state index in [9.17, 15) is 0 Å². The van der Waals surface area contributed by atoms with Crippen LogP contribution in [-0.4, -0.2) is 85.2 Å². The standard InChI is InChI=1S/C36H68O8Si/c1-9-15-31-34(41-31)27(13-5)33(28(14-6)35-32(42-35)16-10-2)43-45(44-36(37-7)38-8,23-19-25(11-3)29-17-21-39-29)24-20-26(12-4)30-18-22-40-30/h25-36H,9-24H2,1-8H3. The fourth-order valence-electron chi connectivity index (χ4n) is 8.27. The first-order chi connectivity index (χ1) is 21.9. The lowest BCUT2D eigenvalue weighted by Gasteiger charge is -2.43. The minimum atomic E-state index is -2.94. The molecule has 0 bridgehead atoms. The normalized spacial score (nSPS) is 32.2. The van der Waals surface area contributed by atoms with E-state index in [0.29, 0.717) is 48.1 Å². The molecule has 0 aromatic heterocycles. The molecule has 4 saturated heterocycles. The van der Waals surface area contributed by atoms with Crippen LogP contribution in [0.5, 0.6) is 0 Å². The van der Waals surface area contributed by atoms with Crippen molar-refractivity contribution in [1.29, 1.82) is 0 Å². The molecule has 45 heavy (non-hydrogen) atoms. The molecule has 0 spiro atoms. The van der Waals surface area contributed by atoms with Gasteiger partial charge in [0.1, 0.15) is 0 Å². The molecule has 0 saturated carbocycles. The smallest absolute Gasteiger partial charge is 0.342 e. The van der Waals surface area contributed by atoms with Crippen molar-refractivity contribution in [3.8, 4) is 0 Å². The number of ether oxygens (including phenoxy) is 6. The molecule has 8 nitrogen and oxygen atoms in total. The highest BCUT2D eigenvalue weighted by atomic mass is 28.4. The van der Waals surface area contributed by atoms with Gasteiger partial charge in [0, 0.05) is 39.3 Å². The second-order valence-electron chi connectivity index (χ2n) is 14.2. The van der Waals surface area contributed by atoms with Crippen molar-refractivity contribution in [2.75, 3.05) is 27.4 Å².